The predicted molar refractivity (Wildman–Crippen MR) is 221 cm³/mol. The molecule has 0 saturated carbocycles. The molecule has 0 radical (unpaired) electrons. The normalized spacial score (nSPS) is 12.1. The minimum atomic E-state index is 0.655. The highest BCUT2D eigenvalue weighted by molar-refractivity contribution is 6.19. The molecule has 0 spiro atoms. The molecule has 0 saturated heterocycles. The van der Waals surface area contributed by atoms with Gasteiger partial charge in [-0.15, -0.1) is 0 Å². The molecule has 4 heterocycles. The molecule has 0 fully saturated rings. The van der Waals surface area contributed by atoms with Gasteiger partial charge in [0.2, 0.25) is 0 Å². The van der Waals surface area contributed by atoms with Crippen molar-refractivity contribution in [3.63, 3.8) is 0 Å². The van der Waals surface area contributed by atoms with Crippen LogP contribution in [0.15, 0.2) is 174 Å². The van der Waals surface area contributed by atoms with Crippen LogP contribution in [0.2, 0.25) is 0 Å². The Labute approximate surface area is 308 Å². The topological polar surface area (TPSA) is 51.7 Å². The van der Waals surface area contributed by atoms with Crippen molar-refractivity contribution < 1.29 is 4.42 Å². The maximum absolute atomic E-state index is 9.66. The van der Waals surface area contributed by atoms with Gasteiger partial charge in [0.15, 0.2) is 0 Å². The standard InChI is InChI=1S/C49H28N4O/c50-29-30-18-21-45-37(24-30)34-12-4-8-16-43(34)52(45)32-19-22-48-40(25-32)41-26-33(20-23-49(41)54-48)53-44-17-9-6-14-36(44)39-27-46-38(28-47(39)53)35-13-5-7-15-42(35)51(46)31-10-2-1-3-11-31/h1-28H. The van der Waals surface area contributed by atoms with E-state index in [9.17, 15) is 5.26 Å². The molecule has 250 valence electrons. The lowest BCUT2D eigenvalue weighted by Crippen LogP contribution is -1.95. The number of furan rings is 1. The van der Waals surface area contributed by atoms with Crippen LogP contribution < -0.4 is 0 Å². The highest BCUT2D eigenvalue weighted by Gasteiger charge is 2.20. The monoisotopic (exact) mass is 688 g/mol. The third-order valence-electron chi connectivity index (χ3n) is 11.2. The summed E-state index contributed by atoms with van der Waals surface area (Å²) >= 11 is 0. The smallest absolute Gasteiger partial charge is 0.135 e. The molecule has 0 unspecified atom stereocenters. The number of nitriles is 1. The number of aromatic nitrogens is 3. The van der Waals surface area contributed by atoms with Crippen LogP contribution >= 0.6 is 0 Å². The van der Waals surface area contributed by atoms with Gasteiger partial charge in [0.25, 0.3) is 0 Å². The number of rotatable bonds is 3. The molecular formula is C49H28N4O. The van der Waals surface area contributed by atoms with Crippen LogP contribution in [0, 0.1) is 11.3 Å². The molecule has 0 aliphatic carbocycles. The van der Waals surface area contributed by atoms with Gasteiger partial charge in [0, 0.05) is 60.2 Å². The lowest BCUT2D eigenvalue weighted by molar-refractivity contribution is 0.669. The van der Waals surface area contributed by atoms with Crippen LogP contribution in [-0.2, 0) is 0 Å². The lowest BCUT2D eigenvalue weighted by atomic mass is 10.1. The van der Waals surface area contributed by atoms with E-state index < -0.39 is 0 Å². The first kappa shape index (κ1) is 29.1. The Hall–Kier alpha value is -7.55. The van der Waals surface area contributed by atoms with Crippen LogP contribution in [0.3, 0.4) is 0 Å². The number of hydrogen-bond donors (Lipinski definition) is 0. The number of fused-ring (bicyclic) bond motifs is 12. The van der Waals surface area contributed by atoms with Crippen LogP contribution in [0.4, 0.5) is 0 Å². The largest absolute Gasteiger partial charge is 0.456 e. The number of nitrogens with zero attached hydrogens (tertiary/aromatic N) is 4. The van der Waals surface area contributed by atoms with E-state index in [1.54, 1.807) is 0 Å². The van der Waals surface area contributed by atoms with E-state index in [4.69, 9.17) is 4.42 Å². The molecule has 0 amide bonds. The van der Waals surface area contributed by atoms with Crippen molar-refractivity contribution in [3.05, 3.63) is 175 Å². The summed E-state index contributed by atoms with van der Waals surface area (Å²) in [5.74, 6) is 0. The zero-order valence-corrected chi connectivity index (χ0v) is 28.9. The van der Waals surface area contributed by atoms with E-state index in [0.717, 1.165) is 71.8 Å². The molecule has 0 N–H and O–H groups in total. The molecule has 54 heavy (non-hydrogen) atoms. The first-order valence-corrected chi connectivity index (χ1v) is 18.2. The van der Waals surface area contributed by atoms with Gasteiger partial charge in [0.1, 0.15) is 11.2 Å². The second-order valence-corrected chi connectivity index (χ2v) is 14.1. The number of hydrogen-bond acceptors (Lipinski definition) is 2. The van der Waals surface area contributed by atoms with Crippen molar-refractivity contribution in [3.8, 4) is 23.1 Å². The first-order valence-electron chi connectivity index (χ1n) is 18.2. The minimum Gasteiger partial charge on any atom is -0.456 e. The minimum absolute atomic E-state index is 0.655. The van der Waals surface area contributed by atoms with Gasteiger partial charge in [-0.3, -0.25) is 0 Å². The second-order valence-electron chi connectivity index (χ2n) is 14.1. The molecule has 8 aromatic carbocycles. The van der Waals surface area contributed by atoms with Crippen molar-refractivity contribution in [1.82, 2.24) is 13.7 Å². The summed E-state index contributed by atoms with van der Waals surface area (Å²) < 4.78 is 13.5. The van der Waals surface area contributed by atoms with Crippen molar-refractivity contribution >= 4 is 87.4 Å². The van der Waals surface area contributed by atoms with Crippen molar-refractivity contribution in [2.24, 2.45) is 0 Å². The summed E-state index contributed by atoms with van der Waals surface area (Å²) in [4.78, 5) is 0. The maximum Gasteiger partial charge on any atom is 0.135 e. The fourth-order valence-corrected chi connectivity index (χ4v) is 8.92. The van der Waals surface area contributed by atoms with Crippen molar-refractivity contribution in [1.29, 1.82) is 5.26 Å². The summed E-state index contributed by atoms with van der Waals surface area (Å²) in [6.45, 7) is 0. The van der Waals surface area contributed by atoms with E-state index in [1.807, 2.05) is 12.1 Å². The highest BCUT2D eigenvalue weighted by atomic mass is 16.3. The third-order valence-corrected chi connectivity index (χ3v) is 11.2. The fraction of sp³-hybridized carbons (Fsp3) is 0. The Bertz CT molecular complexity index is 3570. The lowest BCUT2D eigenvalue weighted by Gasteiger charge is -2.10. The Balaban J connectivity index is 1.11. The van der Waals surface area contributed by atoms with Crippen LogP contribution in [0.25, 0.3) is 104 Å². The highest BCUT2D eigenvalue weighted by Crippen LogP contribution is 2.41. The molecule has 12 aromatic rings. The Kier molecular flexibility index (Phi) is 5.78. The van der Waals surface area contributed by atoms with Gasteiger partial charge in [-0.25, -0.2) is 0 Å². The Morgan fingerprint density at radius 3 is 1.31 bits per heavy atom. The molecular weight excluding hydrogens is 661 g/mol. The molecule has 0 aliphatic heterocycles. The van der Waals surface area contributed by atoms with Crippen LogP contribution in [0.5, 0.6) is 0 Å². The molecule has 0 aliphatic rings. The quantitative estimate of drug-likeness (QED) is 0.185. The predicted octanol–water partition coefficient (Wildman–Crippen LogP) is 12.7. The van der Waals surface area contributed by atoms with Crippen LogP contribution in [0.1, 0.15) is 5.56 Å². The Morgan fingerprint density at radius 2 is 0.778 bits per heavy atom. The molecule has 4 aromatic heterocycles. The summed E-state index contributed by atoms with van der Waals surface area (Å²) in [6.07, 6.45) is 0. The molecule has 5 heteroatoms. The van der Waals surface area contributed by atoms with Crippen molar-refractivity contribution in [2.45, 2.75) is 0 Å². The average molecular weight is 689 g/mol. The molecule has 12 rings (SSSR count). The number of benzene rings is 8. The summed E-state index contributed by atoms with van der Waals surface area (Å²) in [5, 5.41) is 18.8. The maximum atomic E-state index is 9.66. The Morgan fingerprint density at radius 1 is 0.333 bits per heavy atom. The third kappa shape index (κ3) is 3.91. The van der Waals surface area contributed by atoms with Crippen LogP contribution in [-0.4, -0.2) is 13.7 Å². The van der Waals surface area contributed by atoms with Gasteiger partial charge in [0.05, 0.1) is 44.7 Å². The SMILES string of the molecule is N#Cc1ccc2c(c1)c1ccccc1n2-c1ccc2oc3ccc(-n4c5ccccc5c5cc6c(cc54)c4ccccc4n6-c4ccccc4)cc3c2c1. The molecule has 0 bridgehead atoms. The van der Waals surface area contributed by atoms with E-state index in [2.05, 4.69) is 177 Å². The van der Waals surface area contributed by atoms with Gasteiger partial charge in [-0.1, -0.05) is 72.8 Å². The summed E-state index contributed by atoms with van der Waals surface area (Å²) in [5.41, 5.74) is 12.5. The van der Waals surface area contributed by atoms with E-state index in [1.165, 1.54) is 32.6 Å². The van der Waals surface area contributed by atoms with Crippen molar-refractivity contribution in [2.75, 3.05) is 0 Å². The second kappa shape index (κ2) is 10.7. The fourth-order valence-electron chi connectivity index (χ4n) is 8.92. The summed E-state index contributed by atoms with van der Waals surface area (Å²) in [6, 6.07) is 62.5. The van der Waals surface area contributed by atoms with Gasteiger partial charge in [-0.2, -0.15) is 5.26 Å². The first-order chi connectivity index (χ1) is 26.7. The zero-order chi connectivity index (χ0) is 35.5. The van der Waals surface area contributed by atoms with Gasteiger partial charge < -0.3 is 18.1 Å². The molecule has 5 nitrogen and oxygen atoms in total. The van der Waals surface area contributed by atoms with E-state index in [-0.39, 0.29) is 0 Å². The van der Waals surface area contributed by atoms with E-state index in [0.29, 0.717) is 5.56 Å². The summed E-state index contributed by atoms with van der Waals surface area (Å²) in [7, 11) is 0. The van der Waals surface area contributed by atoms with Gasteiger partial charge >= 0.3 is 0 Å². The van der Waals surface area contributed by atoms with Gasteiger partial charge in [-0.05, 0) is 97.1 Å². The van der Waals surface area contributed by atoms with E-state index >= 15 is 0 Å². The zero-order valence-electron chi connectivity index (χ0n) is 28.9. The average Bonchev–Trinajstić information content (AvgIpc) is 3.95. The number of para-hydroxylation sites is 4. The molecule has 0 atom stereocenters.